The molecule has 1 aliphatic heterocycles. The zero-order valence-electron chi connectivity index (χ0n) is 15.1. The molecule has 2 aromatic rings. The minimum absolute atomic E-state index is 0.218. The number of benzene rings is 2. The minimum Gasteiger partial charge on any atom is -0.338 e. The summed E-state index contributed by atoms with van der Waals surface area (Å²) in [5, 5.41) is 6.13. The number of amides is 4. The topological polar surface area (TPSA) is 78.5 Å². The summed E-state index contributed by atoms with van der Waals surface area (Å²) < 4.78 is 0. The second kappa shape index (κ2) is 7.80. The van der Waals surface area contributed by atoms with E-state index in [0.717, 1.165) is 5.56 Å². The third-order valence-corrected chi connectivity index (χ3v) is 4.56. The number of carbonyl (C=O) groups excluding carboxylic acids is 3. The van der Waals surface area contributed by atoms with Gasteiger partial charge in [-0.15, -0.1) is 0 Å². The highest BCUT2D eigenvalue weighted by atomic mass is 35.5. The molecule has 3 rings (SSSR count). The SMILES string of the molecule is CC(C)N1C(=O)c2ccc(NC(=O)NCCc3ccc(Cl)cc3)cc2C1=O. The number of anilines is 1. The number of carbonyl (C=O) groups is 3. The van der Waals surface area contributed by atoms with Crippen molar-refractivity contribution in [3.63, 3.8) is 0 Å². The molecule has 6 nitrogen and oxygen atoms in total. The molecule has 0 bridgehead atoms. The molecule has 0 fully saturated rings. The number of urea groups is 1. The highest BCUT2D eigenvalue weighted by Crippen LogP contribution is 2.27. The van der Waals surface area contributed by atoms with Gasteiger partial charge in [0, 0.05) is 23.3 Å². The molecular weight excluding hydrogens is 366 g/mol. The highest BCUT2D eigenvalue weighted by Gasteiger charge is 2.37. The van der Waals surface area contributed by atoms with E-state index >= 15 is 0 Å². The van der Waals surface area contributed by atoms with E-state index in [-0.39, 0.29) is 23.9 Å². The van der Waals surface area contributed by atoms with E-state index in [1.54, 1.807) is 38.1 Å². The van der Waals surface area contributed by atoms with E-state index in [2.05, 4.69) is 10.6 Å². The Balaban J connectivity index is 1.59. The Kier molecular flexibility index (Phi) is 5.46. The molecule has 1 aliphatic rings. The maximum absolute atomic E-state index is 12.4. The lowest BCUT2D eigenvalue weighted by molar-refractivity contribution is 0.0609. The van der Waals surface area contributed by atoms with Crippen LogP contribution in [-0.4, -0.2) is 35.3 Å². The first kappa shape index (κ1) is 18.9. The van der Waals surface area contributed by atoms with Crippen LogP contribution in [0.5, 0.6) is 0 Å². The monoisotopic (exact) mass is 385 g/mol. The van der Waals surface area contributed by atoms with Crippen molar-refractivity contribution in [3.8, 4) is 0 Å². The van der Waals surface area contributed by atoms with E-state index in [4.69, 9.17) is 11.6 Å². The molecule has 0 saturated carbocycles. The maximum atomic E-state index is 12.4. The number of halogens is 1. The van der Waals surface area contributed by atoms with Gasteiger partial charge in [0.25, 0.3) is 11.8 Å². The van der Waals surface area contributed by atoms with Gasteiger partial charge in [0.1, 0.15) is 0 Å². The zero-order valence-corrected chi connectivity index (χ0v) is 15.8. The third kappa shape index (κ3) is 4.11. The predicted molar refractivity (Wildman–Crippen MR) is 104 cm³/mol. The van der Waals surface area contributed by atoms with Gasteiger partial charge in [-0.3, -0.25) is 14.5 Å². The summed E-state index contributed by atoms with van der Waals surface area (Å²) in [4.78, 5) is 38.0. The Labute approximate surface area is 162 Å². The molecule has 0 unspecified atom stereocenters. The van der Waals surface area contributed by atoms with Crippen molar-refractivity contribution in [2.24, 2.45) is 0 Å². The molecule has 7 heteroatoms. The number of rotatable bonds is 5. The third-order valence-electron chi connectivity index (χ3n) is 4.30. The van der Waals surface area contributed by atoms with Crippen LogP contribution in [0, 0.1) is 0 Å². The molecule has 1 heterocycles. The Hall–Kier alpha value is -2.86. The van der Waals surface area contributed by atoms with E-state index in [9.17, 15) is 14.4 Å². The summed E-state index contributed by atoms with van der Waals surface area (Å²) in [7, 11) is 0. The number of hydrogen-bond donors (Lipinski definition) is 2. The van der Waals surface area contributed by atoms with Crippen molar-refractivity contribution in [3.05, 3.63) is 64.2 Å². The first-order valence-electron chi connectivity index (χ1n) is 8.68. The smallest absolute Gasteiger partial charge is 0.319 e. The zero-order chi connectivity index (χ0) is 19.6. The Morgan fingerprint density at radius 1 is 1.04 bits per heavy atom. The maximum Gasteiger partial charge on any atom is 0.319 e. The molecule has 0 radical (unpaired) electrons. The Morgan fingerprint density at radius 2 is 1.70 bits per heavy atom. The molecule has 4 amide bonds. The van der Waals surface area contributed by atoms with Crippen molar-refractivity contribution in [1.82, 2.24) is 10.2 Å². The predicted octanol–water partition coefficient (Wildman–Crippen LogP) is 3.71. The van der Waals surface area contributed by atoms with E-state index in [1.165, 1.54) is 11.0 Å². The largest absolute Gasteiger partial charge is 0.338 e. The normalized spacial score (nSPS) is 13.1. The van der Waals surface area contributed by atoms with Gasteiger partial charge >= 0.3 is 6.03 Å². The minimum atomic E-state index is -0.374. The van der Waals surface area contributed by atoms with Crippen molar-refractivity contribution in [1.29, 1.82) is 0 Å². The number of hydrogen-bond acceptors (Lipinski definition) is 3. The average Bonchev–Trinajstić information content (AvgIpc) is 2.87. The fourth-order valence-electron chi connectivity index (χ4n) is 2.95. The summed E-state index contributed by atoms with van der Waals surface area (Å²) >= 11 is 5.84. The number of fused-ring (bicyclic) bond motifs is 1. The molecule has 0 saturated heterocycles. The molecule has 0 atom stereocenters. The van der Waals surface area contributed by atoms with Crippen LogP contribution < -0.4 is 10.6 Å². The number of imide groups is 1. The van der Waals surface area contributed by atoms with Crippen LogP contribution in [0.3, 0.4) is 0 Å². The Morgan fingerprint density at radius 3 is 2.37 bits per heavy atom. The van der Waals surface area contributed by atoms with Crippen LogP contribution in [0.2, 0.25) is 5.02 Å². The lowest BCUT2D eigenvalue weighted by atomic mass is 10.1. The molecule has 140 valence electrons. The standard InChI is InChI=1S/C20H20ClN3O3/c1-12(2)24-18(25)16-8-7-15(11-17(16)19(24)26)23-20(27)22-10-9-13-3-5-14(21)6-4-13/h3-8,11-12H,9-10H2,1-2H3,(H2,22,23,27). The molecule has 0 aromatic heterocycles. The molecule has 2 aromatic carbocycles. The first-order valence-corrected chi connectivity index (χ1v) is 9.06. The van der Waals surface area contributed by atoms with Gasteiger partial charge in [0.05, 0.1) is 11.1 Å². The summed E-state index contributed by atoms with van der Waals surface area (Å²) in [5.74, 6) is -0.638. The molecule has 2 N–H and O–H groups in total. The van der Waals surface area contributed by atoms with Crippen LogP contribution in [0.4, 0.5) is 10.5 Å². The van der Waals surface area contributed by atoms with E-state index in [0.29, 0.717) is 34.8 Å². The van der Waals surface area contributed by atoms with Gasteiger partial charge in [0.15, 0.2) is 0 Å². The van der Waals surface area contributed by atoms with Crippen LogP contribution in [0.1, 0.15) is 40.1 Å². The van der Waals surface area contributed by atoms with E-state index < -0.39 is 0 Å². The van der Waals surface area contributed by atoms with Gasteiger partial charge in [-0.05, 0) is 56.2 Å². The van der Waals surface area contributed by atoms with Crippen molar-refractivity contribution in [2.75, 3.05) is 11.9 Å². The van der Waals surface area contributed by atoms with Crippen LogP contribution in [0.15, 0.2) is 42.5 Å². The second-order valence-corrected chi connectivity index (χ2v) is 7.03. The molecular formula is C20H20ClN3O3. The molecule has 27 heavy (non-hydrogen) atoms. The first-order chi connectivity index (χ1) is 12.9. The number of nitrogens with zero attached hydrogens (tertiary/aromatic N) is 1. The average molecular weight is 386 g/mol. The molecule has 0 spiro atoms. The summed E-state index contributed by atoms with van der Waals surface area (Å²) in [6, 6.07) is 11.6. The lowest BCUT2D eigenvalue weighted by Gasteiger charge is -2.17. The summed E-state index contributed by atoms with van der Waals surface area (Å²) in [6.45, 7) is 4.03. The van der Waals surface area contributed by atoms with Crippen LogP contribution in [-0.2, 0) is 6.42 Å². The van der Waals surface area contributed by atoms with Gasteiger partial charge in [0.2, 0.25) is 0 Å². The van der Waals surface area contributed by atoms with E-state index in [1.807, 2.05) is 12.1 Å². The molecule has 0 aliphatic carbocycles. The van der Waals surface area contributed by atoms with Gasteiger partial charge in [-0.1, -0.05) is 23.7 Å². The fourth-order valence-corrected chi connectivity index (χ4v) is 3.08. The lowest BCUT2D eigenvalue weighted by Crippen LogP contribution is -2.35. The van der Waals surface area contributed by atoms with Gasteiger partial charge < -0.3 is 10.6 Å². The van der Waals surface area contributed by atoms with Crippen molar-refractivity contribution < 1.29 is 14.4 Å². The van der Waals surface area contributed by atoms with Gasteiger partial charge in [-0.25, -0.2) is 4.79 Å². The quantitative estimate of drug-likeness (QED) is 0.770. The van der Waals surface area contributed by atoms with Crippen molar-refractivity contribution >= 4 is 35.1 Å². The summed E-state index contributed by atoms with van der Waals surface area (Å²) in [5.41, 5.74) is 2.20. The van der Waals surface area contributed by atoms with Crippen LogP contribution >= 0.6 is 11.6 Å². The fraction of sp³-hybridized carbons (Fsp3) is 0.250. The highest BCUT2D eigenvalue weighted by molar-refractivity contribution is 6.30. The second-order valence-electron chi connectivity index (χ2n) is 6.59. The van der Waals surface area contributed by atoms with Crippen molar-refractivity contribution in [2.45, 2.75) is 26.3 Å². The summed E-state index contributed by atoms with van der Waals surface area (Å²) in [6.07, 6.45) is 0.672. The Bertz CT molecular complexity index is 894. The van der Waals surface area contributed by atoms with Gasteiger partial charge in [-0.2, -0.15) is 0 Å². The van der Waals surface area contributed by atoms with Crippen LogP contribution in [0.25, 0.3) is 0 Å². The number of nitrogens with one attached hydrogen (secondary N) is 2.